The highest BCUT2D eigenvalue weighted by atomic mass is 35.5. The van der Waals surface area contributed by atoms with Crippen LogP contribution in [0.4, 0.5) is 0 Å². The molecule has 2 aromatic carbocycles. The van der Waals surface area contributed by atoms with Crippen LogP contribution >= 0.6 is 11.6 Å². The highest BCUT2D eigenvalue weighted by Gasteiger charge is 2.10. The van der Waals surface area contributed by atoms with Gasteiger partial charge in [-0.2, -0.15) is 4.98 Å². The number of benzene rings is 2. The first kappa shape index (κ1) is 15.1. The van der Waals surface area contributed by atoms with E-state index >= 15 is 0 Å². The van der Waals surface area contributed by atoms with Crippen molar-refractivity contribution in [1.29, 1.82) is 0 Å². The lowest BCUT2D eigenvalue weighted by molar-refractivity contribution is 0.373. The zero-order valence-corrected chi connectivity index (χ0v) is 13.0. The average Bonchev–Trinajstić information content (AvgIpc) is 3.03. The number of ether oxygens (including phenoxy) is 1. The Bertz CT molecular complexity index is 859. The fraction of sp³-hybridized carbons (Fsp3) is 0.0588. The van der Waals surface area contributed by atoms with Crippen LogP contribution in [0.5, 0.6) is 11.5 Å². The third-order valence-electron chi connectivity index (χ3n) is 3.19. The van der Waals surface area contributed by atoms with Gasteiger partial charge in [-0.3, -0.25) is 0 Å². The molecule has 0 aliphatic rings. The number of aromatic nitrogens is 2. The van der Waals surface area contributed by atoms with Crippen LogP contribution in [-0.4, -0.2) is 22.4 Å². The molecular weight excluding hydrogens is 316 g/mol. The number of methoxy groups -OCH3 is 1. The molecule has 0 saturated carbocycles. The van der Waals surface area contributed by atoms with Gasteiger partial charge in [0.05, 0.1) is 7.11 Å². The summed E-state index contributed by atoms with van der Waals surface area (Å²) in [7, 11) is 1.48. The van der Waals surface area contributed by atoms with E-state index in [4.69, 9.17) is 20.9 Å². The van der Waals surface area contributed by atoms with Gasteiger partial charge in [0, 0.05) is 16.7 Å². The highest BCUT2D eigenvalue weighted by molar-refractivity contribution is 6.32. The van der Waals surface area contributed by atoms with E-state index in [1.165, 1.54) is 13.2 Å². The molecule has 0 fully saturated rings. The van der Waals surface area contributed by atoms with Crippen molar-refractivity contribution in [3.05, 3.63) is 58.9 Å². The maximum Gasteiger partial charge on any atom is 0.250 e. The van der Waals surface area contributed by atoms with E-state index in [1.54, 1.807) is 24.3 Å². The minimum absolute atomic E-state index is 0.0542. The van der Waals surface area contributed by atoms with Crippen molar-refractivity contribution < 1.29 is 14.4 Å². The number of aromatic hydroxyl groups is 1. The predicted molar refractivity (Wildman–Crippen MR) is 88.3 cm³/mol. The molecule has 1 heterocycles. The number of halogens is 1. The van der Waals surface area contributed by atoms with E-state index in [2.05, 4.69) is 10.1 Å². The Morgan fingerprint density at radius 2 is 2.00 bits per heavy atom. The predicted octanol–water partition coefficient (Wildman–Crippen LogP) is 4.27. The summed E-state index contributed by atoms with van der Waals surface area (Å²) in [5.41, 5.74) is 1.54. The number of rotatable bonds is 4. The van der Waals surface area contributed by atoms with Crippen molar-refractivity contribution in [2.45, 2.75) is 0 Å². The van der Waals surface area contributed by atoms with E-state index in [1.807, 2.05) is 24.3 Å². The molecule has 1 aromatic heterocycles. The molecule has 3 aromatic rings. The average molecular weight is 329 g/mol. The first-order valence-electron chi connectivity index (χ1n) is 6.81. The molecule has 0 aliphatic heterocycles. The van der Waals surface area contributed by atoms with Crippen LogP contribution in [0.25, 0.3) is 23.5 Å². The Labute approximate surface area is 137 Å². The molecule has 0 amide bonds. The van der Waals surface area contributed by atoms with E-state index in [0.717, 1.165) is 5.56 Å². The smallest absolute Gasteiger partial charge is 0.250 e. The van der Waals surface area contributed by atoms with Crippen LogP contribution in [-0.2, 0) is 0 Å². The Morgan fingerprint density at radius 3 is 2.78 bits per heavy atom. The topological polar surface area (TPSA) is 68.4 Å². The van der Waals surface area contributed by atoms with Crippen molar-refractivity contribution in [2.75, 3.05) is 7.11 Å². The third-order valence-corrected chi connectivity index (χ3v) is 3.53. The Balaban J connectivity index is 1.85. The van der Waals surface area contributed by atoms with Gasteiger partial charge in [-0.1, -0.05) is 35.0 Å². The van der Waals surface area contributed by atoms with Crippen LogP contribution in [0.15, 0.2) is 47.0 Å². The maximum absolute atomic E-state index is 9.61. The summed E-state index contributed by atoms with van der Waals surface area (Å²) < 4.78 is 10.3. The van der Waals surface area contributed by atoms with Gasteiger partial charge in [0.1, 0.15) is 0 Å². The maximum atomic E-state index is 9.61. The molecule has 3 rings (SSSR count). The summed E-state index contributed by atoms with van der Waals surface area (Å²) in [5, 5.41) is 14.2. The first-order valence-corrected chi connectivity index (χ1v) is 7.19. The van der Waals surface area contributed by atoms with Crippen LogP contribution in [0.2, 0.25) is 5.02 Å². The van der Waals surface area contributed by atoms with Gasteiger partial charge in [-0.25, -0.2) is 0 Å². The van der Waals surface area contributed by atoms with E-state index in [9.17, 15) is 5.11 Å². The molecular formula is C17H13ClN2O3. The largest absolute Gasteiger partial charge is 0.504 e. The fourth-order valence-electron chi connectivity index (χ4n) is 2.01. The minimum Gasteiger partial charge on any atom is -0.504 e. The standard InChI is InChI=1S/C17H13ClN2O3/c1-22-15-10-12(6-8-14(15)21)17-19-16(23-20-17)9-7-11-4-2-3-5-13(11)18/h2-10,21H,1H3/b9-7+. The monoisotopic (exact) mass is 328 g/mol. The molecule has 23 heavy (non-hydrogen) atoms. The summed E-state index contributed by atoms with van der Waals surface area (Å²) in [6.45, 7) is 0. The molecule has 0 radical (unpaired) electrons. The number of hydrogen-bond acceptors (Lipinski definition) is 5. The number of phenolic OH excluding ortho intramolecular Hbond substituents is 1. The minimum atomic E-state index is 0.0542. The second-order valence-electron chi connectivity index (χ2n) is 4.70. The number of phenols is 1. The van der Waals surface area contributed by atoms with Crippen molar-refractivity contribution >= 4 is 23.8 Å². The number of hydrogen-bond donors (Lipinski definition) is 1. The molecule has 0 spiro atoms. The van der Waals surface area contributed by atoms with Crippen molar-refractivity contribution in [2.24, 2.45) is 0 Å². The second kappa shape index (κ2) is 6.54. The first-order chi connectivity index (χ1) is 11.2. The number of nitrogens with zero attached hydrogens (tertiary/aromatic N) is 2. The lowest BCUT2D eigenvalue weighted by atomic mass is 10.2. The van der Waals surface area contributed by atoms with Crippen molar-refractivity contribution in [3.63, 3.8) is 0 Å². The molecule has 1 N–H and O–H groups in total. The molecule has 0 aliphatic carbocycles. The molecule has 0 saturated heterocycles. The highest BCUT2D eigenvalue weighted by Crippen LogP contribution is 2.30. The molecule has 6 heteroatoms. The summed E-state index contributed by atoms with van der Waals surface area (Å²) in [5.74, 6) is 1.16. The summed E-state index contributed by atoms with van der Waals surface area (Å²) in [6, 6.07) is 12.3. The van der Waals surface area contributed by atoms with Crippen LogP contribution in [0, 0.1) is 0 Å². The van der Waals surface area contributed by atoms with Gasteiger partial charge in [0.2, 0.25) is 5.82 Å². The SMILES string of the molecule is COc1cc(-c2noc(/C=C/c3ccccc3Cl)n2)ccc1O. The zero-order valence-electron chi connectivity index (χ0n) is 12.2. The van der Waals surface area contributed by atoms with Gasteiger partial charge < -0.3 is 14.4 Å². The van der Waals surface area contributed by atoms with Crippen LogP contribution < -0.4 is 4.74 Å². The Morgan fingerprint density at radius 1 is 1.17 bits per heavy atom. The van der Waals surface area contributed by atoms with Gasteiger partial charge in [-0.05, 0) is 35.9 Å². The Hall–Kier alpha value is -2.79. The van der Waals surface area contributed by atoms with E-state index in [-0.39, 0.29) is 5.75 Å². The van der Waals surface area contributed by atoms with E-state index < -0.39 is 0 Å². The van der Waals surface area contributed by atoms with Crippen molar-refractivity contribution in [3.8, 4) is 22.9 Å². The normalized spacial score (nSPS) is 11.0. The fourth-order valence-corrected chi connectivity index (χ4v) is 2.21. The van der Waals surface area contributed by atoms with Crippen LogP contribution in [0.1, 0.15) is 11.5 Å². The quantitative estimate of drug-likeness (QED) is 0.774. The molecule has 0 atom stereocenters. The lowest BCUT2D eigenvalue weighted by Gasteiger charge is -2.03. The van der Waals surface area contributed by atoms with Gasteiger partial charge >= 0.3 is 0 Å². The third kappa shape index (κ3) is 3.35. The molecule has 116 valence electrons. The van der Waals surface area contributed by atoms with Crippen molar-refractivity contribution in [1.82, 2.24) is 10.1 Å². The molecule has 5 nitrogen and oxygen atoms in total. The van der Waals surface area contributed by atoms with Crippen LogP contribution in [0.3, 0.4) is 0 Å². The lowest BCUT2D eigenvalue weighted by Crippen LogP contribution is -1.86. The van der Waals surface area contributed by atoms with Gasteiger partial charge in [-0.15, -0.1) is 0 Å². The summed E-state index contributed by atoms with van der Waals surface area (Å²) in [6.07, 6.45) is 3.49. The molecule has 0 bridgehead atoms. The summed E-state index contributed by atoms with van der Waals surface area (Å²) in [4.78, 5) is 4.29. The summed E-state index contributed by atoms with van der Waals surface area (Å²) >= 11 is 6.08. The van der Waals surface area contributed by atoms with E-state index in [0.29, 0.717) is 28.1 Å². The second-order valence-corrected chi connectivity index (χ2v) is 5.10. The zero-order chi connectivity index (χ0) is 16.2. The Kier molecular flexibility index (Phi) is 4.30. The van der Waals surface area contributed by atoms with Gasteiger partial charge in [0.25, 0.3) is 5.89 Å². The van der Waals surface area contributed by atoms with Gasteiger partial charge in [0.15, 0.2) is 11.5 Å². The molecule has 0 unspecified atom stereocenters.